The minimum absolute atomic E-state index is 0.178. The van der Waals surface area contributed by atoms with Crippen LogP contribution in [-0.2, 0) is 4.74 Å². The van der Waals surface area contributed by atoms with Gasteiger partial charge < -0.3 is 10.1 Å². The lowest BCUT2D eigenvalue weighted by Crippen LogP contribution is -2.27. The van der Waals surface area contributed by atoms with Gasteiger partial charge in [0.05, 0.1) is 6.54 Å². The van der Waals surface area contributed by atoms with Gasteiger partial charge in [-0.15, -0.1) is 6.42 Å². The number of benzene rings is 1. The zero-order valence-corrected chi connectivity index (χ0v) is 8.31. The van der Waals surface area contributed by atoms with Crippen LogP contribution >= 0.6 is 0 Å². The lowest BCUT2D eigenvalue weighted by Gasteiger charge is -2.13. The predicted molar refractivity (Wildman–Crippen MR) is 59.4 cm³/mol. The van der Waals surface area contributed by atoms with E-state index in [1.807, 2.05) is 30.3 Å². The fraction of sp³-hybridized carbons (Fsp3) is 0.250. The van der Waals surface area contributed by atoms with Crippen LogP contribution in [-0.4, -0.2) is 19.2 Å². The van der Waals surface area contributed by atoms with Gasteiger partial charge in [-0.3, -0.25) is 0 Å². The van der Waals surface area contributed by atoms with Crippen molar-refractivity contribution in [3.8, 4) is 12.3 Å². The van der Waals surface area contributed by atoms with Crippen LogP contribution in [0.4, 0.5) is 0 Å². The van der Waals surface area contributed by atoms with Crippen molar-refractivity contribution in [3.05, 3.63) is 35.9 Å². The number of nitrogens with one attached hydrogen (secondary N) is 1. The molecule has 0 saturated carbocycles. The first kappa shape index (κ1) is 9.60. The summed E-state index contributed by atoms with van der Waals surface area (Å²) in [4.78, 5) is 4.14. The van der Waals surface area contributed by atoms with Gasteiger partial charge in [0.25, 0.3) is 6.02 Å². The Morgan fingerprint density at radius 1 is 1.40 bits per heavy atom. The highest BCUT2D eigenvalue weighted by molar-refractivity contribution is 5.75. The van der Waals surface area contributed by atoms with Crippen LogP contribution in [0.5, 0.6) is 0 Å². The summed E-state index contributed by atoms with van der Waals surface area (Å²) in [6, 6.07) is 10.2. The second-order valence-electron chi connectivity index (χ2n) is 3.19. The third kappa shape index (κ3) is 2.29. The lowest BCUT2D eigenvalue weighted by atomic mass is 10.1. The van der Waals surface area contributed by atoms with Gasteiger partial charge in [0.15, 0.2) is 0 Å². The van der Waals surface area contributed by atoms with E-state index in [1.54, 1.807) is 0 Å². The van der Waals surface area contributed by atoms with Crippen molar-refractivity contribution in [2.24, 2.45) is 4.99 Å². The summed E-state index contributed by atoms with van der Waals surface area (Å²) in [5, 5.41) is 3.07. The Kier molecular flexibility index (Phi) is 2.89. The Labute approximate surface area is 89.2 Å². The van der Waals surface area contributed by atoms with Crippen LogP contribution < -0.4 is 5.32 Å². The van der Waals surface area contributed by atoms with Gasteiger partial charge in [0.1, 0.15) is 12.6 Å². The van der Waals surface area contributed by atoms with Crippen LogP contribution in [0.1, 0.15) is 11.6 Å². The average Bonchev–Trinajstić information content (AvgIpc) is 2.80. The summed E-state index contributed by atoms with van der Waals surface area (Å²) in [5.74, 6) is 2.67. The Bertz CT molecular complexity index is 392. The number of ether oxygens (including phenoxy) is 1. The Hall–Kier alpha value is -1.95. The summed E-state index contributed by atoms with van der Waals surface area (Å²) in [7, 11) is 0. The van der Waals surface area contributed by atoms with Gasteiger partial charge in [-0.25, -0.2) is 4.99 Å². The molecule has 0 radical (unpaired) electrons. The molecule has 0 fully saturated rings. The maximum absolute atomic E-state index is 5.46. The maximum atomic E-state index is 5.46. The van der Waals surface area contributed by atoms with Crippen LogP contribution in [0.2, 0.25) is 0 Å². The summed E-state index contributed by atoms with van der Waals surface area (Å²) in [6.07, 6.45) is 5.46. The van der Waals surface area contributed by atoms with E-state index in [0.717, 1.165) is 5.56 Å². The molecule has 0 bridgehead atoms. The topological polar surface area (TPSA) is 33.6 Å². The van der Waals surface area contributed by atoms with E-state index >= 15 is 0 Å². The average molecular weight is 200 g/mol. The maximum Gasteiger partial charge on any atom is 0.286 e. The minimum atomic E-state index is -0.178. The molecule has 76 valence electrons. The molecule has 1 N–H and O–H groups in total. The SMILES string of the molecule is C#CC(NC1=NCCO1)c1ccccc1. The Balaban J connectivity index is 2.08. The monoisotopic (exact) mass is 200 g/mol. The molecule has 1 aliphatic rings. The molecule has 0 aliphatic carbocycles. The van der Waals surface area contributed by atoms with E-state index < -0.39 is 0 Å². The second-order valence-corrected chi connectivity index (χ2v) is 3.19. The molecule has 15 heavy (non-hydrogen) atoms. The highest BCUT2D eigenvalue weighted by atomic mass is 16.5. The number of hydrogen-bond donors (Lipinski definition) is 1. The van der Waals surface area contributed by atoms with Gasteiger partial charge in [-0.1, -0.05) is 36.3 Å². The summed E-state index contributed by atoms with van der Waals surface area (Å²) in [5.41, 5.74) is 1.04. The fourth-order valence-corrected chi connectivity index (χ4v) is 1.41. The van der Waals surface area contributed by atoms with Crippen molar-refractivity contribution in [3.63, 3.8) is 0 Å². The first-order valence-corrected chi connectivity index (χ1v) is 4.85. The van der Waals surface area contributed by atoms with E-state index in [0.29, 0.717) is 19.2 Å². The first-order valence-electron chi connectivity index (χ1n) is 4.85. The summed E-state index contributed by atoms with van der Waals surface area (Å²) >= 11 is 0. The lowest BCUT2D eigenvalue weighted by molar-refractivity contribution is 0.329. The quantitative estimate of drug-likeness (QED) is 0.731. The van der Waals surface area contributed by atoms with Crippen molar-refractivity contribution in [1.29, 1.82) is 0 Å². The number of rotatable bonds is 2. The minimum Gasteiger partial charge on any atom is -0.463 e. The van der Waals surface area contributed by atoms with Gasteiger partial charge in [0, 0.05) is 0 Å². The number of aliphatic imine (C=N–C) groups is 1. The van der Waals surface area contributed by atoms with E-state index in [1.165, 1.54) is 0 Å². The zero-order valence-electron chi connectivity index (χ0n) is 8.31. The molecule has 1 aliphatic heterocycles. The third-order valence-electron chi connectivity index (χ3n) is 2.15. The molecule has 1 atom stereocenters. The molecule has 0 spiro atoms. The van der Waals surface area contributed by atoms with Gasteiger partial charge >= 0.3 is 0 Å². The van der Waals surface area contributed by atoms with E-state index in [2.05, 4.69) is 16.2 Å². The molecular formula is C12H12N2O. The molecule has 0 amide bonds. The fourth-order valence-electron chi connectivity index (χ4n) is 1.41. The van der Waals surface area contributed by atoms with E-state index in [9.17, 15) is 0 Å². The largest absolute Gasteiger partial charge is 0.463 e. The second kappa shape index (κ2) is 4.52. The molecule has 0 aromatic heterocycles. The molecular weight excluding hydrogens is 188 g/mol. The molecule has 3 nitrogen and oxygen atoms in total. The molecule has 1 heterocycles. The molecule has 1 aromatic rings. The Morgan fingerprint density at radius 2 is 2.20 bits per heavy atom. The third-order valence-corrected chi connectivity index (χ3v) is 2.15. The molecule has 1 unspecified atom stereocenters. The van der Waals surface area contributed by atoms with Crippen molar-refractivity contribution < 1.29 is 4.74 Å². The Morgan fingerprint density at radius 3 is 2.80 bits per heavy atom. The number of nitrogens with zero attached hydrogens (tertiary/aromatic N) is 1. The number of amidine groups is 1. The normalized spacial score (nSPS) is 16.1. The molecule has 3 heteroatoms. The van der Waals surface area contributed by atoms with Crippen molar-refractivity contribution in [2.45, 2.75) is 6.04 Å². The van der Waals surface area contributed by atoms with Crippen molar-refractivity contribution in [1.82, 2.24) is 5.32 Å². The number of terminal acetylenes is 1. The zero-order chi connectivity index (χ0) is 10.5. The van der Waals surface area contributed by atoms with Crippen LogP contribution in [0, 0.1) is 12.3 Å². The smallest absolute Gasteiger partial charge is 0.286 e. The highest BCUT2D eigenvalue weighted by Gasteiger charge is 2.13. The molecule has 0 saturated heterocycles. The highest BCUT2D eigenvalue weighted by Crippen LogP contribution is 2.11. The predicted octanol–water partition coefficient (Wildman–Crippen LogP) is 1.34. The van der Waals surface area contributed by atoms with E-state index in [4.69, 9.17) is 11.2 Å². The van der Waals surface area contributed by atoms with Crippen molar-refractivity contribution in [2.75, 3.05) is 13.2 Å². The standard InChI is InChI=1S/C12H12N2O/c1-2-11(10-6-4-3-5-7-10)14-12-13-8-9-15-12/h1,3-7,11H,8-9H2,(H,13,14). The first-order chi connectivity index (χ1) is 7.40. The number of hydrogen-bond acceptors (Lipinski definition) is 3. The van der Waals surface area contributed by atoms with Crippen molar-refractivity contribution >= 4 is 6.02 Å². The van der Waals surface area contributed by atoms with E-state index in [-0.39, 0.29) is 6.04 Å². The molecule has 2 rings (SSSR count). The van der Waals surface area contributed by atoms with Crippen LogP contribution in [0.3, 0.4) is 0 Å². The summed E-state index contributed by atoms with van der Waals surface area (Å²) in [6.45, 7) is 1.34. The van der Waals surface area contributed by atoms with Crippen LogP contribution in [0.15, 0.2) is 35.3 Å². The summed E-state index contributed by atoms with van der Waals surface area (Å²) < 4.78 is 5.25. The van der Waals surface area contributed by atoms with Gasteiger partial charge in [-0.05, 0) is 5.56 Å². The van der Waals surface area contributed by atoms with Gasteiger partial charge in [-0.2, -0.15) is 0 Å². The van der Waals surface area contributed by atoms with Crippen LogP contribution in [0.25, 0.3) is 0 Å². The molecule has 1 aromatic carbocycles. The van der Waals surface area contributed by atoms with Gasteiger partial charge in [0.2, 0.25) is 0 Å².